The highest BCUT2D eigenvalue weighted by Gasteiger charge is 2.23. The van der Waals surface area contributed by atoms with E-state index < -0.39 is 0 Å². The van der Waals surface area contributed by atoms with E-state index in [1.165, 1.54) is 0 Å². The summed E-state index contributed by atoms with van der Waals surface area (Å²) in [6, 6.07) is 11.7. The molecule has 1 aromatic carbocycles. The lowest BCUT2D eigenvalue weighted by Crippen LogP contribution is -2.35. The molecular formula is C23H21N5O2. The van der Waals surface area contributed by atoms with Crippen LogP contribution in [0.4, 0.5) is 0 Å². The molecule has 1 aliphatic heterocycles. The summed E-state index contributed by atoms with van der Waals surface area (Å²) in [6.07, 6.45) is 5.96. The zero-order valence-corrected chi connectivity index (χ0v) is 16.6. The van der Waals surface area contributed by atoms with E-state index in [4.69, 9.17) is 4.98 Å². The first kappa shape index (κ1) is 18.4. The van der Waals surface area contributed by atoms with Crippen molar-refractivity contribution in [3.63, 3.8) is 0 Å². The highest BCUT2D eigenvalue weighted by molar-refractivity contribution is 5.93. The second-order valence-corrected chi connectivity index (χ2v) is 7.60. The molecule has 4 aromatic rings. The van der Waals surface area contributed by atoms with E-state index in [0.717, 1.165) is 39.8 Å². The van der Waals surface area contributed by atoms with Gasteiger partial charge in [-0.1, -0.05) is 18.2 Å². The van der Waals surface area contributed by atoms with Gasteiger partial charge in [0.25, 0.3) is 5.56 Å². The Bertz CT molecular complexity index is 1310. The summed E-state index contributed by atoms with van der Waals surface area (Å²) in [5, 5.41) is 1.08. The quantitative estimate of drug-likeness (QED) is 0.573. The number of benzene rings is 1. The van der Waals surface area contributed by atoms with Crippen molar-refractivity contribution in [3.05, 3.63) is 82.2 Å². The average Bonchev–Trinajstić information content (AvgIpc) is 3.13. The van der Waals surface area contributed by atoms with Crippen LogP contribution in [0.3, 0.4) is 0 Å². The van der Waals surface area contributed by atoms with Crippen molar-refractivity contribution in [2.75, 3.05) is 6.54 Å². The van der Waals surface area contributed by atoms with Crippen molar-refractivity contribution in [2.24, 2.45) is 0 Å². The lowest BCUT2D eigenvalue weighted by Gasteiger charge is -2.27. The van der Waals surface area contributed by atoms with Gasteiger partial charge < -0.3 is 4.98 Å². The molecule has 7 nitrogen and oxygen atoms in total. The van der Waals surface area contributed by atoms with E-state index >= 15 is 0 Å². The summed E-state index contributed by atoms with van der Waals surface area (Å²) in [4.78, 5) is 38.6. The maximum atomic E-state index is 12.6. The number of aromatic nitrogens is 4. The van der Waals surface area contributed by atoms with Gasteiger partial charge in [-0.05, 0) is 30.2 Å². The van der Waals surface area contributed by atoms with Crippen molar-refractivity contribution in [1.82, 2.24) is 24.4 Å². The molecule has 1 N–H and O–H groups in total. The number of rotatable bonds is 3. The highest BCUT2D eigenvalue weighted by Crippen LogP contribution is 2.25. The highest BCUT2D eigenvalue weighted by atomic mass is 16.1. The predicted molar refractivity (Wildman–Crippen MR) is 114 cm³/mol. The molecule has 0 fully saturated rings. The fourth-order valence-corrected chi connectivity index (χ4v) is 4.15. The molecule has 5 rings (SSSR count). The number of para-hydroxylation sites is 1. The van der Waals surface area contributed by atoms with Crippen LogP contribution in [0.25, 0.3) is 22.3 Å². The van der Waals surface area contributed by atoms with Crippen LogP contribution in [-0.2, 0) is 19.5 Å². The van der Waals surface area contributed by atoms with E-state index in [-0.39, 0.29) is 11.5 Å². The SMILES string of the molecule is CC(=O)n1cc(CN2CCc3c(nc(-c4cccnc4)[nH]c3=O)C2)c2ccccc21. The van der Waals surface area contributed by atoms with Crippen LogP contribution in [0.5, 0.6) is 0 Å². The summed E-state index contributed by atoms with van der Waals surface area (Å²) >= 11 is 0. The van der Waals surface area contributed by atoms with Crippen LogP contribution >= 0.6 is 0 Å². The number of hydrogen-bond donors (Lipinski definition) is 1. The van der Waals surface area contributed by atoms with E-state index in [1.807, 2.05) is 42.6 Å². The third-order valence-electron chi connectivity index (χ3n) is 5.62. The minimum absolute atomic E-state index is 0.00393. The van der Waals surface area contributed by atoms with Crippen LogP contribution < -0.4 is 5.56 Å². The zero-order valence-electron chi connectivity index (χ0n) is 16.6. The Balaban J connectivity index is 1.47. The molecular weight excluding hydrogens is 378 g/mol. The monoisotopic (exact) mass is 399 g/mol. The molecule has 7 heteroatoms. The fourth-order valence-electron chi connectivity index (χ4n) is 4.15. The number of hydrogen-bond acceptors (Lipinski definition) is 5. The minimum atomic E-state index is -0.0771. The summed E-state index contributed by atoms with van der Waals surface area (Å²) in [5.74, 6) is 0.539. The Morgan fingerprint density at radius 2 is 2.07 bits per heavy atom. The molecule has 0 saturated carbocycles. The molecule has 0 radical (unpaired) electrons. The summed E-state index contributed by atoms with van der Waals surface area (Å²) in [5.41, 5.74) is 4.29. The van der Waals surface area contributed by atoms with Crippen molar-refractivity contribution in [1.29, 1.82) is 0 Å². The molecule has 150 valence electrons. The van der Waals surface area contributed by atoms with Gasteiger partial charge in [0.05, 0.1) is 11.2 Å². The van der Waals surface area contributed by atoms with Crippen LogP contribution in [0.15, 0.2) is 59.8 Å². The van der Waals surface area contributed by atoms with E-state index in [2.05, 4.69) is 14.9 Å². The Morgan fingerprint density at radius 1 is 1.20 bits per heavy atom. The van der Waals surface area contributed by atoms with Crippen LogP contribution in [-0.4, -0.2) is 36.9 Å². The summed E-state index contributed by atoms with van der Waals surface area (Å²) < 4.78 is 1.70. The average molecular weight is 399 g/mol. The van der Waals surface area contributed by atoms with Gasteiger partial charge in [-0.15, -0.1) is 0 Å². The third-order valence-corrected chi connectivity index (χ3v) is 5.62. The number of nitrogens with one attached hydrogen (secondary N) is 1. The van der Waals surface area contributed by atoms with Gasteiger partial charge >= 0.3 is 0 Å². The van der Waals surface area contributed by atoms with Gasteiger partial charge in [0.15, 0.2) is 0 Å². The molecule has 4 heterocycles. The first-order valence-electron chi connectivity index (χ1n) is 9.95. The Labute approximate surface area is 173 Å². The van der Waals surface area contributed by atoms with Crippen LogP contribution in [0.2, 0.25) is 0 Å². The molecule has 0 saturated heterocycles. The predicted octanol–water partition coefficient (Wildman–Crippen LogP) is 3.01. The lowest BCUT2D eigenvalue weighted by atomic mass is 10.0. The van der Waals surface area contributed by atoms with Gasteiger partial charge in [-0.3, -0.25) is 24.0 Å². The Kier molecular flexibility index (Phi) is 4.52. The number of H-pyrrole nitrogens is 1. The van der Waals surface area contributed by atoms with Gasteiger partial charge in [-0.25, -0.2) is 4.98 Å². The standard InChI is InChI=1S/C23H21N5O2/c1-15(29)28-13-17(18-6-2-3-7-21(18)28)12-27-10-8-19-20(14-27)25-22(26-23(19)30)16-5-4-9-24-11-16/h2-7,9,11,13H,8,10,12,14H2,1H3,(H,25,26,30). The van der Waals surface area contributed by atoms with Crippen molar-refractivity contribution in [3.8, 4) is 11.4 Å². The second kappa shape index (κ2) is 7.35. The van der Waals surface area contributed by atoms with Gasteiger partial charge in [0.2, 0.25) is 5.91 Å². The number of carbonyl (C=O) groups excluding carboxylic acids is 1. The molecule has 3 aromatic heterocycles. The van der Waals surface area contributed by atoms with Crippen molar-refractivity contribution in [2.45, 2.75) is 26.4 Å². The molecule has 0 amide bonds. The lowest BCUT2D eigenvalue weighted by molar-refractivity contribution is 0.0941. The Morgan fingerprint density at radius 3 is 2.87 bits per heavy atom. The smallest absolute Gasteiger partial charge is 0.254 e. The molecule has 0 bridgehead atoms. The summed E-state index contributed by atoms with van der Waals surface area (Å²) in [7, 11) is 0. The largest absolute Gasteiger partial charge is 0.306 e. The van der Waals surface area contributed by atoms with Crippen LogP contribution in [0, 0.1) is 0 Å². The van der Waals surface area contributed by atoms with Gasteiger partial charge in [0.1, 0.15) is 5.82 Å². The van der Waals surface area contributed by atoms with Crippen molar-refractivity contribution < 1.29 is 4.79 Å². The van der Waals surface area contributed by atoms with Gasteiger partial charge in [0, 0.05) is 61.7 Å². The number of fused-ring (bicyclic) bond motifs is 2. The number of pyridine rings is 1. The molecule has 0 aliphatic carbocycles. The molecule has 0 unspecified atom stereocenters. The number of aromatic amines is 1. The third kappa shape index (κ3) is 3.23. The van der Waals surface area contributed by atoms with Crippen LogP contribution in [0.1, 0.15) is 28.5 Å². The van der Waals surface area contributed by atoms with Gasteiger partial charge in [-0.2, -0.15) is 0 Å². The normalized spacial score (nSPS) is 14.0. The van der Waals surface area contributed by atoms with E-state index in [0.29, 0.717) is 25.3 Å². The number of nitrogens with zero attached hydrogens (tertiary/aromatic N) is 4. The molecule has 30 heavy (non-hydrogen) atoms. The fraction of sp³-hybridized carbons (Fsp3) is 0.217. The zero-order chi connectivity index (χ0) is 20.7. The van der Waals surface area contributed by atoms with Crippen molar-refractivity contribution >= 4 is 16.8 Å². The summed E-state index contributed by atoms with van der Waals surface area (Å²) in [6.45, 7) is 3.62. The first-order chi connectivity index (χ1) is 14.6. The second-order valence-electron chi connectivity index (χ2n) is 7.60. The molecule has 0 atom stereocenters. The molecule has 1 aliphatic rings. The Hall–Kier alpha value is -3.58. The maximum absolute atomic E-state index is 12.6. The topological polar surface area (TPSA) is 83.9 Å². The molecule has 0 spiro atoms. The first-order valence-corrected chi connectivity index (χ1v) is 9.95. The number of carbonyl (C=O) groups is 1. The van der Waals surface area contributed by atoms with E-state index in [1.54, 1.807) is 23.9 Å². The minimum Gasteiger partial charge on any atom is -0.306 e. The van der Waals surface area contributed by atoms with E-state index in [9.17, 15) is 9.59 Å². The maximum Gasteiger partial charge on any atom is 0.254 e.